The first-order valence-electron chi connectivity index (χ1n) is 10.7. The van der Waals surface area contributed by atoms with E-state index >= 15 is 0 Å². The number of rotatable bonds is 4. The average Bonchev–Trinajstić information content (AvgIpc) is 2.74. The first-order valence-corrected chi connectivity index (χ1v) is 10.7. The molecule has 0 saturated carbocycles. The number of likely N-dealkylation sites (tertiary alicyclic amines) is 1. The first-order chi connectivity index (χ1) is 14.4. The monoisotopic (exact) mass is 403 g/mol. The summed E-state index contributed by atoms with van der Waals surface area (Å²) in [6.07, 6.45) is 3.07. The van der Waals surface area contributed by atoms with Gasteiger partial charge in [-0.3, -0.25) is 14.2 Å². The molecule has 4 rings (SSSR count). The van der Waals surface area contributed by atoms with E-state index in [1.807, 2.05) is 36.9 Å². The highest BCUT2D eigenvalue weighted by Gasteiger charge is 2.24. The number of hydrogen-bond acceptors (Lipinski definition) is 3. The highest BCUT2D eigenvalue weighted by molar-refractivity contribution is 5.81. The molecule has 1 amide bonds. The first kappa shape index (κ1) is 20.3. The smallest absolute Gasteiger partial charge is 0.272 e. The summed E-state index contributed by atoms with van der Waals surface area (Å²) in [5.41, 5.74) is 5.34. The predicted octanol–water partition coefficient (Wildman–Crippen LogP) is 3.80. The van der Waals surface area contributed by atoms with Crippen LogP contribution in [0.5, 0.6) is 0 Å². The molecule has 3 aromatic rings. The standard InChI is InChI=1S/C25H29N3O2/c1-17-13-22-23(14-18(17)2)28(25(30)19(3)26-22)16-24(29)27-11-9-21(10-12-27)15-20-7-5-4-6-8-20/h4-8,13-14,21H,9-12,15-16H2,1-3H3. The third kappa shape index (κ3) is 4.16. The minimum absolute atomic E-state index is 0.0142. The average molecular weight is 404 g/mol. The molecule has 0 unspecified atom stereocenters. The van der Waals surface area contributed by atoms with E-state index in [1.165, 1.54) is 5.56 Å². The molecule has 30 heavy (non-hydrogen) atoms. The zero-order chi connectivity index (χ0) is 21.3. The molecule has 0 radical (unpaired) electrons. The van der Waals surface area contributed by atoms with Crippen LogP contribution in [-0.4, -0.2) is 33.4 Å². The highest BCUT2D eigenvalue weighted by atomic mass is 16.2. The predicted molar refractivity (Wildman–Crippen MR) is 120 cm³/mol. The fourth-order valence-electron chi connectivity index (χ4n) is 4.35. The Balaban J connectivity index is 1.48. The molecule has 1 aliphatic heterocycles. The van der Waals surface area contributed by atoms with Crippen molar-refractivity contribution in [3.8, 4) is 0 Å². The molecule has 1 aromatic heterocycles. The van der Waals surface area contributed by atoms with Crippen LogP contribution in [0.1, 0.15) is 35.2 Å². The Bertz CT molecular complexity index is 1130. The third-order valence-corrected chi connectivity index (χ3v) is 6.35. The van der Waals surface area contributed by atoms with Crippen LogP contribution < -0.4 is 5.56 Å². The lowest BCUT2D eigenvalue weighted by atomic mass is 9.90. The Morgan fingerprint density at radius 3 is 2.40 bits per heavy atom. The maximum absolute atomic E-state index is 13.0. The Kier molecular flexibility index (Phi) is 5.71. The fraction of sp³-hybridized carbons (Fsp3) is 0.400. The maximum atomic E-state index is 13.0. The minimum atomic E-state index is -0.182. The van der Waals surface area contributed by atoms with Gasteiger partial charge in [-0.05, 0) is 74.8 Å². The van der Waals surface area contributed by atoms with Crippen LogP contribution in [0.4, 0.5) is 0 Å². The van der Waals surface area contributed by atoms with Gasteiger partial charge in [0.15, 0.2) is 0 Å². The maximum Gasteiger partial charge on any atom is 0.272 e. The van der Waals surface area contributed by atoms with Gasteiger partial charge in [0.05, 0.1) is 11.0 Å². The molecule has 5 nitrogen and oxygen atoms in total. The number of aryl methyl sites for hydroxylation is 3. The van der Waals surface area contributed by atoms with Crippen molar-refractivity contribution in [1.29, 1.82) is 0 Å². The summed E-state index contributed by atoms with van der Waals surface area (Å²) in [5, 5.41) is 0. The van der Waals surface area contributed by atoms with Gasteiger partial charge in [0, 0.05) is 13.1 Å². The molecule has 2 heterocycles. The van der Waals surface area contributed by atoms with Gasteiger partial charge >= 0.3 is 0 Å². The number of piperidine rings is 1. The molecule has 2 aromatic carbocycles. The Morgan fingerprint density at radius 2 is 1.70 bits per heavy atom. The molecule has 156 valence electrons. The second kappa shape index (κ2) is 8.42. The molecule has 0 aliphatic carbocycles. The summed E-state index contributed by atoms with van der Waals surface area (Å²) >= 11 is 0. The number of fused-ring (bicyclic) bond motifs is 1. The Hall–Kier alpha value is -2.95. The molecule has 0 atom stereocenters. The SMILES string of the molecule is Cc1cc2nc(C)c(=O)n(CC(=O)N3CCC(Cc4ccccc4)CC3)c2cc1C. The molecular formula is C25H29N3O2. The van der Waals surface area contributed by atoms with Crippen LogP contribution in [0.25, 0.3) is 11.0 Å². The minimum Gasteiger partial charge on any atom is -0.341 e. The van der Waals surface area contributed by atoms with Crippen LogP contribution in [0.15, 0.2) is 47.3 Å². The normalized spacial score (nSPS) is 15.0. The van der Waals surface area contributed by atoms with Gasteiger partial charge in [-0.15, -0.1) is 0 Å². The Labute approximate surface area is 177 Å². The van der Waals surface area contributed by atoms with Crippen molar-refractivity contribution in [1.82, 2.24) is 14.5 Å². The largest absolute Gasteiger partial charge is 0.341 e. The molecule has 1 fully saturated rings. The topological polar surface area (TPSA) is 55.2 Å². The summed E-state index contributed by atoms with van der Waals surface area (Å²) in [7, 11) is 0. The number of carbonyl (C=O) groups is 1. The molecule has 0 N–H and O–H groups in total. The van der Waals surface area contributed by atoms with Crippen molar-refractivity contribution in [2.45, 2.75) is 46.6 Å². The van der Waals surface area contributed by atoms with E-state index in [9.17, 15) is 9.59 Å². The van der Waals surface area contributed by atoms with E-state index in [4.69, 9.17) is 0 Å². The summed E-state index contributed by atoms with van der Waals surface area (Å²) in [4.78, 5) is 32.2. The van der Waals surface area contributed by atoms with Gasteiger partial charge in [-0.2, -0.15) is 0 Å². The zero-order valence-electron chi connectivity index (χ0n) is 18.0. The van der Waals surface area contributed by atoms with Gasteiger partial charge < -0.3 is 4.90 Å². The number of benzene rings is 2. The van der Waals surface area contributed by atoms with Crippen LogP contribution in [-0.2, 0) is 17.8 Å². The lowest BCUT2D eigenvalue weighted by Crippen LogP contribution is -2.42. The van der Waals surface area contributed by atoms with Gasteiger partial charge in [0.1, 0.15) is 12.2 Å². The highest BCUT2D eigenvalue weighted by Crippen LogP contribution is 2.22. The third-order valence-electron chi connectivity index (χ3n) is 6.35. The van der Waals surface area contributed by atoms with Crippen molar-refractivity contribution in [3.63, 3.8) is 0 Å². The molecule has 0 bridgehead atoms. The second-order valence-corrected chi connectivity index (χ2v) is 8.53. The van der Waals surface area contributed by atoms with Gasteiger partial charge in [-0.1, -0.05) is 30.3 Å². The fourth-order valence-corrected chi connectivity index (χ4v) is 4.35. The van der Waals surface area contributed by atoms with Gasteiger partial charge in [-0.25, -0.2) is 4.98 Å². The summed E-state index contributed by atoms with van der Waals surface area (Å²) < 4.78 is 1.60. The van der Waals surface area contributed by atoms with E-state index < -0.39 is 0 Å². The van der Waals surface area contributed by atoms with Gasteiger partial charge in [0.25, 0.3) is 5.56 Å². The summed E-state index contributed by atoms with van der Waals surface area (Å²) in [5.74, 6) is 0.620. The number of amides is 1. The van der Waals surface area contributed by atoms with E-state index in [0.717, 1.165) is 54.5 Å². The second-order valence-electron chi connectivity index (χ2n) is 8.53. The van der Waals surface area contributed by atoms with E-state index in [1.54, 1.807) is 11.5 Å². The van der Waals surface area contributed by atoms with E-state index in [2.05, 4.69) is 29.2 Å². The number of aromatic nitrogens is 2. The van der Waals surface area contributed by atoms with Crippen molar-refractivity contribution < 1.29 is 4.79 Å². The molecule has 1 aliphatic rings. The quantitative estimate of drug-likeness (QED) is 0.666. The lowest BCUT2D eigenvalue weighted by molar-refractivity contribution is -0.133. The lowest BCUT2D eigenvalue weighted by Gasteiger charge is -2.32. The van der Waals surface area contributed by atoms with Crippen molar-refractivity contribution in [2.24, 2.45) is 5.92 Å². The van der Waals surface area contributed by atoms with Crippen LogP contribution in [0, 0.1) is 26.7 Å². The molecule has 0 spiro atoms. The zero-order valence-corrected chi connectivity index (χ0v) is 18.0. The summed E-state index contributed by atoms with van der Waals surface area (Å²) in [6.45, 7) is 7.35. The van der Waals surface area contributed by atoms with Crippen LogP contribution >= 0.6 is 0 Å². The summed E-state index contributed by atoms with van der Waals surface area (Å²) in [6, 6.07) is 14.5. The molecule has 1 saturated heterocycles. The molecule has 5 heteroatoms. The molecular weight excluding hydrogens is 374 g/mol. The van der Waals surface area contributed by atoms with Crippen molar-refractivity contribution in [3.05, 3.63) is 75.2 Å². The van der Waals surface area contributed by atoms with E-state index in [0.29, 0.717) is 11.6 Å². The van der Waals surface area contributed by atoms with E-state index in [-0.39, 0.29) is 18.0 Å². The van der Waals surface area contributed by atoms with Crippen molar-refractivity contribution in [2.75, 3.05) is 13.1 Å². The van der Waals surface area contributed by atoms with Gasteiger partial charge in [0.2, 0.25) is 5.91 Å². The number of hydrogen-bond donors (Lipinski definition) is 0. The number of nitrogens with zero attached hydrogens (tertiary/aromatic N) is 3. The van der Waals surface area contributed by atoms with Crippen LogP contribution in [0.3, 0.4) is 0 Å². The van der Waals surface area contributed by atoms with Crippen molar-refractivity contribution >= 4 is 16.9 Å². The Morgan fingerprint density at radius 1 is 1.03 bits per heavy atom. The number of carbonyl (C=O) groups excluding carboxylic acids is 1. The van der Waals surface area contributed by atoms with Crippen LogP contribution in [0.2, 0.25) is 0 Å².